The minimum Gasteiger partial charge on any atom is -0.354 e. The summed E-state index contributed by atoms with van der Waals surface area (Å²) >= 11 is 1.07. The molecule has 2 rings (SSSR count). The molecule has 0 bridgehead atoms. The van der Waals surface area contributed by atoms with Gasteiger partial charge < -0.3 is 5.32 Å². The van der Waals surface area contributed by atoms with Crippen LogP contribution in [0.25, 0.3) is 0 Å². The van der Waals surface area contributed by atoms with Gasteiger partial charge in [0, 0.05) is 18.9 Å². The second kappa shape index (κ2) is 5.53. The molecule has 0 atom stereocenters. The van der Waals surface area contributed by atoms with Crippen LogP contribution in [0, 0.1) is 5.82 Å². The summed E-state index contributed by atoms with van der Waals surface area (Å²) in [5.41, 5.74) is 0. The van der Waals surface area contributed by atoms with Crippen molar-refractivity contribution in [1.29, 1.82) is 0 Å². The maximum atomic E-state index is 13.5. The second-order valence-electron chi connectivity index (χ2n) is 3.01. The SMILES string of the molecule is CCNc1ncc(F)c(Sc2ncccn2)n1. The molecule has 0 amide bonds. The van der Waals surface area contributed by atoms with E-state index >= 15 is 0 Å². The number of rotatable bonds is 4. The molecule has 2 aromatic heterocycles. The lowest BCUT2D eigenvalue weighted by molar-refractivity contribution is 0.579. The Kier molecular flexibility index (Phi) is 3.81. The first-order valence-electron chi connectivity index (χ1n) is 5.01. The number of nitrogens with zero attached hydrogens (tertiary/aromatic N) is 4. The van der Waals surface area contributed by atoms with Crippen molar-refractivity contribution in [2.75, 3.05) is 11.9 Å². The van der Waals surface area contributed by atoms with Crippen molar-refractivity contribution >= 4 is 17.7 Å². The maximum absolute atomic E-state index is 13.5. The van der Waals surface area contributed by atoms with Gasteiger partial charge in [-0.2, -0.15) is 0 Å². The predicted octanol–water partition coefficient (Wildman–Crippen LogP) is 1.99. The molecule has 2 aromatic rings. The number of hydrogen-bond donors (Lipinski definition) is 1. The van der Waals surface area contributed by atoms with Crippen LogP contribution in [-0.4, -0.2) is 26.5 Å². The van der Waals surface area contributed by atoms with Gasteiger partial charge in [-0.1, -0.05) is 0 Å². The largest absolute Gasteiger partial charge is 0.354 e. The Morgan fingerprint density at radius 1 is 1.29 bits per heavy atom. The molecule has 1 N–H and O–H groups in total. The van der Waals surface area contributed by atoms with E-state index in [1.807, 2.05) is 6.92 Å². The lowest BCUT2D eigenvalue weighted by atomic mass is 10.6. The lowest BCUT2D eigenvalue weighted by Gasteiger charge is -2.04. The molecule has 0 radical (unpaired) electrons. The van der Waals surface area contributed by atoms with E-state index in [1.54, 1.807) is 18.5 Å². The second-order valence-corrected chi connectivity index (χ2v) is 3.97. The van der Waals surface area contributed by atoms with Crippen LogP contribution >= 0.6 is 11.8 Å². The van der Waals surface area contributed by atoms with Crippen molar-refractivity contribution in [2.24, 2.45) is 0 Å². The average Bonchev–Trinajstić information content (AvgIpc) is 2.35. The first kappa shape index (κ1) is 11.7. The Morgan fingerprint density at radius 3 is 2.76 bits per heavy atom. The Morgan fingerprint density at radius 2 is 2.06 bits per heavy atom. The minimum absolute atomic E-state index is 0.210. The van der Waals surface area contributed by atoms with Crippen LogP contribution in [0.1, 0.15) is 6.92 Å². The highest BCUT2D eigenvalue weighted by Crippen LogP contribution is 2.24. The summed E-state index contributed by atoms with van der Waals surface area (Å²) in [5.74, 6) is -0.0866. The van der Waals surface area contributed by atoms with Gasteiger partial charge in [0.2, 0.25) is 5.95 Å². The Balaban J connectivity index is 2.22. The summed E-state index contributed by atoms with van der Waals surface area (Å²) < 4.78 is 13.5. The number of halogens is 1. The van der Waals surface area contributed by atoms with Gasteiger partial charge in [0.15, 0.2) is 11.0 Å². The summed E-state index contributed by atoms with van der Waals surface area (Å²) in [6, 6.07) is 1.70. The van der Waals surface area contributed by atoms with Crippen LogP contribution < -0.4 is 5.32 Å². The van der Waals surface area contributed by atoms with Crippen molar-refractivity contribution in [3.8, 4) is 0 Å². The van der Waals surface area contributed by atoms with Crippen molar-refractivity contribution < 1.29 is 4.39 Å². The van der Waals surface area contributed by atoms with Crippen molar-refractivity contribution in [2.45, 2.75) is 17.1 Å². The van der Waals surface area contributed by atoms with Gasteiger partial charge in [0.05, 0.1) is 6.20 Å². The standard InChI is InChI=1S/C10H10FN5S/c1-2-12-9-15-6-7(11)8(16-9)17-10-13-4-3-5-14-10/h3-6H,2H2,1H3,(H,12,15,16). The van der Waals surface area contributed by atoms with Crippen LogP contribution in [0.3, 0.4) is 0 Å². The van der Waals surface area contributed by atoms with Gasteiger partial charge >= 0.3 is 0 Å². The van der Waals surface area contributed by atoms with Crippen LogP contribution in [0.15, 0.2) is 34.8 Å². The molecule has 0 saturated carbocycles. The third-order valence-corrected chi connectivity index (χ3v) is 2.65. The van der Waals surface area contributed by atoms with E-state index in [0.717, 1.165) is 18.0 Å². The van der Waals surface area contributed by atoms with E-state index in [9.17, 15) is 4.39 Å². The summed E-state index contributed by atoms with van der Waals surface area (Å²) in [4.78, 5) is 15.9. The van der Waals surface area contributed by atoms with Gasteiger partial charge in [-0.15, -0.1) is 0 Å². The number of nitrogens with one attached hydrogen (secondary N) is 1. The van der Waals surface area contributed by atoms with E-state index in [4.69, 9.17) is 0 Å². The van der Waals surface area contributed by atoms with Crippen LogP contribution in [0.5, 0.6) is 0 Å². The van der Waals surface area contributed by atoms with E-state index in [0.29, 0.717) is 17.6 Å². The van der Waals surface area contributed by atoms with E-state index in [2.05, 4.69) is 25.3 Å². The van der Waals surface area contributed by atoms with Crippen LogP contribution in [0.2, 0.25) is 0 Å². The third kappa shape index (κ3) is 3.10. The quantitative estimate of drug-likeness (QED) is 0.662. The van der Waals surface area contributed by atoms with Gasteiger partial charge in [-0.05, 0) is 24.8 Å². The highest BCUT2D eigenvalue weighted by Gasteiger charge is 2.09. The van der Waals surface area contributed by atoms with Gasteiger partial charge in [0.25, 0.3) is 0 Å². The van der Waals surface area contributed by atoms with Crippen molar-refractivity contribution in [3.63, 3.8) is 0 Å². The zero-order valence-electron chi connectivity index (χ0n) is 9.09. The fraction of sp³-hybridized carbons (Fsp3) is 0.200. The summed E-state index contributed by atoms with van der Waals surface area (Å²) in [6.07, 6.45) is 4.33. The number of anilines is 1. The Hall–Kier alpha value is -1.76. The average molecular weight is 251 g/mol. The topological polar surface area (TPSA) is 63.6 Å². The fourth-order valence-corrected chi connectivity index (χ4v) is 1.77. The first-order valence-corrected chi connectivity index (χ1v) is 5.82. The highest BCUT2D eigenvalue weighted by atomic mass is 32.2. The van der Waals surface area contributed by atoms with Gasteiger partial charge in [0.1, 0.15) is 5.03 Å². The van der Waals surface area contributed by atoms with Gasteiger partial charge in [-0.25, -0.2) is 24.3 Å². The molecule has 0 aliphatic rings. The summed E-state index contributed by atoms with van der Waals surface area (Å²) in [5, 5.41) is 3.58. The maximum Gasteiger partial charge on any atom is 0.223 e. The lowest BCUT2D eigenvalue weighted by Crippen LogP contribution is -2.03. The van der Waals surface area contributed by atoms with Crippen LogP contribution in [-0.2, 0) is 0 Å². The zero-order valence-corrected chi connectivity index (χ0v) is 9.91. The van der Waals surface area contributed by atoms with Crippen molar-refractivity contribution in [3.05, 3.63) is 30.5 Å². The highest BCUT2D eigenvalue weighted by molar-refractivity contribution is 7.99. The first-order chi connectivity index (χ1) is 8.29. The predicted molar refractivity (Wildman–Crippen MR) is 62.3 cm³/mol. The monoisotopic (exact) mass is 251 g/mol. The Bertz CT molecular complexity index is 493. The molecule has 17 heavy (non-hydrogen) atoms. The molecule has 0 fully saturated rings. The molecular formula is C10H10FN5S. The molecule has 0 spiro atoms. The molecule has 0 aliphatic carbocycles. The molecule has 2 heterocycles. The Labute approximate surface area is 102 Å². The molecule has 88 valence electrons. The molecule has 0 aromatic carbocycles. The van der Waals surface area contributed by atoms with E-state index in [1.165, 1.54) is 0 Å². The molecule has 0 saturated heterocycles. The van der Waals surface area contributed by atoms with E-state index in [-0.39, 0.29) is 5.03 Å². The fourth-order valence-electron chi connectivity index (χ4n) is 1.09. The minimum atomic E-state index is -0.482. The third-order valence-electron chi connectivity index (χ3n) is 1.78. The normalized spacial score (nSPS) is 10.2. The summed E-state index contributed by atoms with van der Waals surface area (Å²) in [6.45, 7) is 2.59. The van der Waals surface area contributed by atoms with E-state index < -0.39 is 5.82 Å². The summed E-state index contributed by atoms with van der Waals surface area (Å²) in [7, 11) is 0. The van der Waals surface area contributed by atoms with Crippen molar-refractivity contribution in [1.82, 2.24) is 19.9 Å². The van der Waals surface area contributed by atoms with Gasteiger partial charge in [-0.3, -0.25) is 0 Å². The molecule has 5 nitrogen and oxygen atoms in total. The molecular weight excluding hydrogens is 241 g/mol. The number of hydrogen-bond acceptors (Lipinski definition) is 6. The molecule has 0 aliphatic heterocycles. The molecule has 0 unspecified atom stereocenters. The number of aromatic nitrogens is 4. The smallest absolute Gasteiger partial charge is 0.223 e. The molecule has 7 heteroatoms. The van der Waals surface area contributed by atoms with Crippen LogP contribution in [0.4, 0.5) is 10.3 Å². The zero-order chi connectivity index (χ0) is 12.1.